The van der Waals surface area contributed by atoms with E-state index >= 15 is 0 Å². The largest absolute Gasteiger partial charge is 0.462 e. The van der Waals surface area contributed by atoms with Crippen molar-refractivity contribution >= 4 is 86.3 Å². The molecule has 0 spiro atoms. The maximum absolute atomic E-state index is 11.6. The van der Waals surface area contributed by atoms with Crippen LogP contribution in [0.1, 0.15) is 30.9 Å². The molecule has 0 bridgehead atoms. The van der Waals surface area contributed by atoms with E-state index in [0.717, 1.165) is 34.2 Å². The lowest BCUT2D eigenvalue weighted by Gasteiger charge is -2.26. The summed E-state index contributed by atoms with van der Waals surface area (Å²) in [6.45, 7) is 7.04. The van der Waals surface area contributed by atoms with Crippen LogP contribution in [0.4, 0.5) is 0 Å². The molecule has 0 N–H and O–H groups in total. The molecule has 129 valence electrons. The van der Waals surface area contributed by atoms with Gasteiger partial charge in [0.05, 0.1) is 12.5 Å². The fraction of sp³-hybridized carbons (Fsp3) is 0.353. The Morgan fingerprint density at radius 2 is 2.00 bits per heavy atom. The number of hydrogen-bond acceptors (Lipinski definition) is 4. The number of esters is 1. The highest BCUT2D eigenvalue weighted by Gasteiger charge is 2.33. The van der Waals surface area contributed by atoms with Crippen LogP contribution in [0.25, 0.3) is 0 Å². The van der Waals surface area contributed by atoms with E-state index in [1.807, 2.05) is 12.4 Å². The number of carbonyl (C=O) groups is 2. The number of halogens is 3. The standard InChI is InChI=1S/C17H16I3O4/c1-4-14(23)24-6-5-10-13(18)7-11(16(20)15(10)19)12(8-21)17(2,3)9-22/h4,7-8,12H,1,5-6H2,2-3H3. The van der Waals surface area contributed by atoms with E-state index in [9.17, 15) is 14.4 Å². The van der Waals surface area contributed by atoms with Crippen molar-refractivity contribution in [2.75, 3.05) is 6.61 Å². The highest BCUT2D eigenvalue weighted by molar-refractivity contribution is 14.1. The zero-order chi connectivity index (χ0) is 18.5. The van der Waals surface area contributed by atoms with Gasteiger partial charge in [0, 0.05) is 28.6 Å². The van der Waals surface area contributed by atoms with Crippen LogP contribution in [0.15, 0.2) is 18.7 Å². The van der Waals surface area contributed by atoms with Gasteiger partial charge in [-0.25, -0.2) is 4.79 Å². The predicted octanol–water partition coefficient (Wildman–Crippen LogP) is 4.19. The second-order valence-corrected chi connectivity index (χ2v) is 8.93. The topological polar surface area (TPSA) is 60.4 Å². The van der Waals surface area contributed by atoms with Gasteiger partial charge in [0.2, 0.25) is 6.29 Å². The van der Waals surface area contributed by atoms with E-state index < -0.39 is 17.3 Å². The van der Waals surface area contributed by atoms with Crippen LogP contribution < -0.4 is 0 Å². The second kappa shape index (κ2) is 9.60. The molecule has 1 unspecified atom stereocenters. The van der Waals surface area contributed by atoms with Gasteiger partial charge in [-0.05, 0) is 85.0 Å². The SMILES string of the molecule is C=CC(=O)OCCc1c(I)cc(C(C=O)C(C)(C)[C]=O)c(I)c1I. The zero-order valence-corrected chi connectivity index (χ0v) is 19.7. The number of rotatable bonds is 8. The van der Waals surface area contributed by atoms with Crippen molar-refractivity contribution in [2.45, 2.75) is 26.2 Å². The first-order valence-corrected chi connectivity index (χ1v) is 10.2. The molecule has 0 aliphatic heterocycles. The Kier molecular flexibility index (Phi) is 8.80. The summed E-state index contributed by atoms with van der Waals surface area (Å²) < 4.78 is 7.94. The molecule has 0 heterocycles. The van der Waals surface area contributed by atoms with E-state index in [-0.39, 0.29) is 6.61 Å². The average Bonchev–Trinajstić information content (AvgIpc) is 2.55. The summed E-state index contributed by atoms with van der Waals surface area (Å²) in [6.07, 6.45) is 4.48. The number of carbonyl (C=O) groups excluding carboxylic acids is 3. The van der Waals surface area contributed by atoms with E-state index in [1.165, 1.54) is 0 Å². The third-order valence-corrected chi connectivity index (χ3v) is 7.90. The molecule has 1 radical (unpaired) electrons. The molecule has 0 amide bonds. The Morgan fingerprint density at radius 1 is 1.38 bits per heavy atom. The monoisotopic (exact) mass is 665 g/mol. The van der Waals surface area contributed by atoms with Gasteiger partial charge in [0.25, 0.3) is 0 Å². The third-order valence-electron chi connectivity index (χ3n) is 3.56. The molecule has 1 aromatic rings. The predicted molar refractivity (Wildman–Crippen MR) is 118 cm³/mol. The maximum atomic E-state index is 11.6. The molecule has 0 saturated carbocycles. The Morgan fingerprint density at radius 3 is 2.50 bits per heavy atom. The van der Waals surface area contributed by atoms with E-state index in [0.29, 0.717) is 6.42 Å². The van der Waals surface area contributed by atoms with E-state index in [1.54, 1.807) is 13.8 Å². The number of benzene rings is 1. The summed E-state index contributed by atoms with van der Waals surface area (Å²) in [5.41, 5.74) is 0.979. The lowest BCUT2D eigenvalue weighted by molar-refractivity contribution is -0.137. The lowest BCUT2D eigenvalue weighted by Crippen LogP contribution is -2.26. The lowest BCUT2D eigenvalue weighted by atomic mass is 9.77. The van der Waals surface area contributed by atoms with Crippen LogP contribution in [0, 0.1) is 16.1 Å². The van der Waals surface area contributed by atoms with Crippen molar-refractivity contribution in [1.82, 2.24) is 0 Å². The van der Waals surface area contributed by atoms with E-state index in [4.69, 9.17) is 4.74 Å². The highest BCUT2D eigenvalue weighted by atomic mass is 127. The van der Waals surface area contributed by atoms with Gasteiger partial charge in [-0.1, -0.05) is 20.4 Å². The van der Waals surface area contributed by atoms with Crippen molar-refractivity contribution in [1.29, 1.82) is 0 Å². The normalized spacial score (nSPS) is 12.4. The quantitative estimate of drug-likeness (QED) is 0.138. The van der Waals surface area contributed by atoms with Crippen LogP contribution in [0.2, 0.25) is 0 Å². The molecule has 0 aromatic heterocycles. The van der Waals surface area contributed by atoms with Crippen LogP contribution in [0.3, 0.4) is 0 Å². The smallest absolute Gasteiger partial charge is 0.330 e. The van der Waals surface area contributed by atoms with Crippen LogP contribution in [-0.2, 0) is 25.5 Å². The Hall–Kier alpha value is -0.0400. The minimum atomic E-state index is -0.894. The van der Waals surface area contributed by atoms with Crippen molar-refractivity contribution in [3.8, 4) is 0 Å². The van der Waals surface area contributed by atoms with Gasteiger partial charge >= 0.3 is 5.97 Å². The second-order valence-electron chi connectivity index (χ2n) is 5.61. The molecule has 7 heteroatoms. The molecule has 1 aromatic carbocycles. The Labute approximate surface area is 182 Å². The molecular formula is C17H16I3O4. The highest BCUT2D eigenvalue weighted by Crippen LogP contribution is 2.38. The molecule has 0 aliphatic carbocycles. The van der Waals surface area contributed by atoms with Gasteiger partial charge in [0.15, 0.2) is 0 Å². The summed E-state index contributed by atoms with van der Waals surface area (Å²) >= 11 is 6.62. The summed E-state index contributed by atoms with van der Waals surface area (Å²) in [6, 6.07) is 1.92. The Balaban J connectivity index is 3.21. The number of hydrogen-bond donors (Lipinski definition) is 0. The maximum Gasteiger partial charge on any atom is 0.330 e. The third kappa shape index (κ3) is 5.23. The molecule has 0 saturated heterocycles. The first-order chi connectivity index (χ1) is 11.2. The van der Waals surface area contributed by atoms with Crippen molar-refractivity contribution < 1.29 is 19.1 Å². The van der Waals surface area contributed by atoms with Gasteiger partial charge in [-0.15, -0.1) is 0 Å². The summed E-state index contributed by atoms with van der Waals surface area (Å²) in [4.78, 5) is 34.0. The molecular weight excluding hydrogens is 649 g/mol. The van der Waals surface area contributed by atoms with Crippen molar-refractivity contribution in [2.24, 2.45) is 5.41 Å². The molecule has 1 rings (SSSR count). The summed E-state index contributed by atoms with van der Waals surface area (Å²) in [5.74, 6) is -1.01. The first kappa shape index (κ1) is 22.0. The average molecular weight is 665 g/mol. The summed E-state index contributed by atoms with van der Waals surface area (Å²) in [5, 5.41) is 0. The van der Waals surface area contributed by atoms with Gasteiger partial charge in [-0.2, -0.15) is 0 Å². The molecule has 4 nitrogen and oxygen atoms in total. The van der Waals surface area contributed by atoms with Crippen LogP contribution in [0.5, 0.6) is 0 Å². The van der Waals surface area contributed by atoms with Crippen molar-refractivity contribution in [3.05, 3.63) is 40.6 Å². The summed E-state index contributed by atoms with van der Waals surface area (Å²) in [7, 11) is 0. The van der Waals surface area contributed by atoms with Crippen LogP contribution >= 0.6 is 67.8 Å². The molecule has 0 aliphatic rings. The number of aldehydes is 1. The zero-order valence-electron chi connectivity index (χ0n) is 13.2. The number of ether oxygens (including phenoxy) is 1. The fourth-order valence-electron chi connectivity index (χ4n) is 2.11. The molecule has 0 fully saturated rings. The van der Waals surface area contributed by atoms with Crippen molar-refractivity contribution in [3.63, 3.8) is 0 Å². The van der Waals surface area contributed by atoms with Gasteiger partial charge in [-0.3, -0.25) is 4.79 Å². The van der Waals surface area contributed by atoms with Gasteiger partial charge in [0.1, 0.15) is 6.29 Å². The Bertz CT molecular complexity index is 668. The first-order valence-electron chi connectivity index (χ1n) is 6.99. The van der Waals surface area contributed by atoms with E-state index in [2.05, 4.69) is 74.4 Å². The van der Waals surface area contributed by atoms with Gasteiger partial charge < -0.3 is 9.53 Å². The fourth-order valence-corrected chi connectivity index (χ4v) is 5.19. The molecule has 24 heavy (non-hydrogen) atoms. The molecule has 1 atom stereocenters. The minimum absolute atomic E-state index is 0.261. The van der Waals surface area contributed by atoms with Crippen LogP contribution in [-0.4, -0.2) is 25.1 Å². The minimum Gasteiger partial charge on any atom is -0.462 e.